The molecule has 3 aliphatic heterocycles. The zero-order valence-corrected chi connectivity index (χ0v) is 11.5. The van der Waals surface area contributed by atoms with Crippen molar-refractivity contribution >= 4 is 0 Å². The van der Waals surface area contributed by atoms with Gasteiger partial charge >= 0.3 is 0 Å². The monoisotopic (exact) mass is 273 g/mol. The highest BCUT2D eigenvalue weighted by atomic mass is 16.7. The van der Waals surface area contributed by atoms with Gasteiger partial charge in [0.1, 0.15) is 0 Å². The molecule has 3 heterocycles. The Morgan fingerprint density at radius 2 is 2.05 bits per heavy atom. The average Bonchev–Trinajstić information content (AvgIpc) is 3.00. The molecule has 106 valence electrons. The first kappa shape index (κ1) is 11.4. The topological polar surface area (TPSA) is 41.9 Å². The van der Waals surface area contributed by atoms with E-state index in [0.29, 0.717) is 12.8 Å². The summed E-state index contributed by atoms with van der Waals surface area (Å²) in [4.78, 5) is 2.56. The second kappa shape index (κ2) is 3.68. The van der Waals surface area contributed by atoms with Gasteiger partial charge in [-0.3, -0.25) is 4.90 Å². The lowest BCUT2D eigenvalue weighted by Crippen LogP contribution is -2.51. The van der Waals surface area contributed by atoms with Crippen molar-refractivity contribution < 1.29 is 14.6 Å². The van der Waals surface area contributed by atoms with Gasteiger partial charge in [-0.05, 0) is 55.5 Å². The molecule has 0 aromatic heterocycles. The van der Waals surface area contributed by atoms with Crippen LogP contribution in [0.25, 0.3) is 0 Å². The maximum atomic E-state index is 10.0. The fraction of sp³-hybridized carbons (Fsp3) is 0.625. The van der Waals surface area contributed by atoms with Crippen LogP contribution in [0.2, 0.25) is 0 Å². The fourth-order valence-corrected chi connectivity index (χ4v) is 4.92. The summed E-state index contributed by atoms with van der Waals surface area (Å²) in [6.07, 6.45) is 4.05. The SMILES string of the molecule is O[C@H]1CC[C@]23CCN(Cc4cc5c(cc42)OCO5)C3C1. The van der Waals surface area contributed by atoms with E-state index in [1.165, 1.54) is 17.5 Å². The summed E-state index contributed by atoms with van der Waals surface area (Å²) in [6.45, 7) is 2.49. The maximum absolute atomic E-state index is 10.0. The first-order valence-electron chi connectivity index (χ1n) is 7.61. The smallest absolute Gasteiger partial charge is 0.231 e. The van der Waals surface area contributed by atoms with Gasteiger partial charge in [0.15, 0.2) is 11.5 Å². The molecule has 1 N–H and O–H groups in total. The summed E-state index contributed by atoms with van der Waals surface area (Å²) in [7, 11) is 0. The largest absolute Gasteiger partial charge is 0.454 e. The Hall–Kier alpha value is -1.26. The van der Waals surface area contributed by atoms with Crippen molar-refractivity contribution in [3.05, 3.63) is 23.3 Å². The van der Waals surface area contributed by atoms with Crippen molar-refractivity contribution in [3.8, 4) is 11.5 Å². The van der Waals surface area contributed by atoms with Crippen LogP contribution in [0, 0.1) is 0 Å². The summed E-state index contributed by atoms with van der Waals surface area (Å²) < 4.78 is 11.1. The van der Waals surface area contributed by atoms with Gasteiger partial charge in [0.2, 0.25) is 6.79 Å². The van der Waals surface area contributed by atoms with E-state index in [0.717, 1.165) is 43.9 Å². The van der Waals surface area contributed by atoms with Crippen LogP contribution < -0.4 is 9.47 Å². The summed E-state index contributed by atoms with van der Waals surface area (Å²) in [6, 6.07) is 4.92. The van der Waals surface area contributed by atoms with Gasteiger partial charge < -0.3 is 14.6 Å². The molecule has 1 saturated carbocycles. The minimum absolute atomic E-state index is 0.121. The summed E-state index contributed by atoms with van der Waals surface area (Å²) in [5.74, 6) is 1.80. The van der Waals surface area contributed by atoms with Gasteiger partial charge in [-0.1, -0.05) is 0 Å². The first-order chi connectivity index (χ1) is 9.76. The Kier molecular flexibility index (Phi) is 2.10. The lowest BCUT2D eigenvalue weighted by atomic mass is 9.63. The number of ether oxygens (including phenoxy) is 2. The molecule has 4 atom stereocenters. The number of benzene rings is 1. The average molecular weight is 273 g/mol. The number of nitrogens with zero attached hydrogens (tertiary/aromatic N) is 1. The zero-order valence-electron chi connectivity index (χ0n) is 11.5. The number of rotatable bonds is 0. The highest BCUT2D eigenvalue weighted by molar-refractivity contribution is 5.53. The number of hydrogen-bond acceptors (Lipinski definition) is 4. The highest BCUT2D eigenvalue weighted by Crippen LogP contribution is 2.55. The van der Waals surface area contributed by atoms with Crippen molar-refractivity contribution in [3.63, 3.8) is 0 Å². The van der Waals surface area contributed by atoms with Gasteiger partial charge in [0.25, 0.3) is 0 Å². The van der Waals surface area contributed by atoms with Crippen LogP contribution in [0.5, 0.6) is 11.5 Å². The van der Waals surface area contributed by atoms with E-state index in [1.807, 2.05) is 0 Å². The van der Waals surface area contributed by atoms with Gasteiger partial charge in [-0.25, -0.2) is 0 Å². The third-order valence-corrected chi connectivity index (χ3v) is 5.85. The van der Waals surface area contributed by atoms with Gasteiger partial charge in [0.05, 0.1) is 6.10 Å². The van der Waals surface area contributed by atoms with Crippen LogP contribution in [0.3, 0.4) is 0 Å². The van der Waals surface area contributed by atoms with E-state index in [-0.39, 0.29) is 11.5 Å². The van der Waals surface area contributed by atoms with Crippen LogP contribution in [0.4, 0.5) is 0 Å². The van der Waals surface area contributed by atoms with E-state index < -0.39 is 0 Å². The minimum Gasteiger partial charge on any atom is -0.454 e. The van der Waals surface area contributed by atoms with Crippen LogP contribution in [0.15, 0.2) is 12.1 Å². The van der Waals surface area contributed by atoms with E-state index in [9.17, 15) is 5.11 Å². The molecular weight excluding hydrogens is 254 g/mol. The third-order valence-electron chi connectivity index (χ3n) is 5.85. The van der Waals surface area contributed by atoms with E-state index >= 15 is 0 Å². The Bertz CT molecular complexity index is 587. The standard InChI is InChI=1S/C16H19NO3/c18-11-1-2-16-3-4-17(15(16)6-11)8-10-5-13-14(7-12(10)16)20-9-19-13/h5,7,11,15,18H,1-4,6,8-9H2/t11-,15?,16-/m0/s1. The van der Waals surface area contributed by atoms with Crippen LogP contribution in [-0.4, -0.2) is 35.5 Å². The molecule has 0 spiro atoms. The molecular formula is C16H19NO3. The predicted octanol–water partition coefficient (Wildman–Crippen LogP) is 1.79. The number of aliphatic hydroxyl groups excluding tert-OH is 1. The number of fused-ring (bicyclic) bond motifs is 2. The molecule has 2 bridgehead atoms. The molecule has 2 unspecified atom stereocenters. The minimum atomic E-state index is -0.121. The van der Waals surface area contributed by atoms with Crippen LogP contribution in [0.1, 0.15) is 36.8 Å². The summed E-state index contributed by atoms with van der Waals surface area (Å²) >= 11 is 0. The van der Waals surface area contributed by atoms with Crippen LogP contribution in [-0.2, 0) is 12.0 Å². The molecule has 1 aromatic carbocycles. The van der Waals surface area contributed by atoms with E-state index in [2.05, 4.69) is 17.0 Å². The molecule has 0 amide bonds. The second-order valence-corrected chi connectivity index (χ2v) is 6.68. The van der Waals surface area contributed by atoms with Gasteiger partial charge in [0, 0.05) is 18.0 Å². The van der Waals surface area contributed by atoms with Gasteiger partial charge in [-0.15, -0.1) is 0 Å². The molecule has 1 aliphatic carbocycles. The van der Waals surface area contributed by atoms with Crippen molar-refractivity contribution in [1.29, 1.82) is 0 Å². The first-order valence-corrected chi connectivity index (χ1v) is 7.61. The quantitative estimate of drug-likeness (QED) is 0.782. The maximum Gasteiger partial charge on any atom is 0.231 e. The molecule has 1 aromatic rings. The second-order valence-electron chi connectivity index (χ2n) is 6.68. The van der Waals surface area contributed by atoms with Crippen molar-refractivity contribution in [2.75, 3.05) is 13.3 Å². The Labute approximate surface area is 118 Å². The molecule has 5 rings (SSSR count). The molecule has 4 nitrogen and oxygen atoms in total. The summed E-state index contributed by atoms with van der Waals surface area (Å²) in [5.41, 5.74) is 3.11. The van der Waals surface area contributed by atoms with Crippen molar-refractivity contribution in [1.82, 2.24) is 4.90 Å². The molecule has 20 heavy (non-hydrogen) atoms. The Morgan fingerprint density at radius 1 is 1.20 bits per heavy atom. The summed E-state index contributed by atoms with van der Waals surface area (Å²) in [5, 5.41) is 10.0. The molecule has 4 heteroatoms. The predicted molar refractivity (Wildman–Crippen MR) is 72.9 cm³/mol. The number of aliphatic hydroxyl groups is 1. The zero-order chi connectivity index (χ0) is 13.3. The lowest BCUT2D eigenvalue weighted by Gasteiger charge is -2.48. The molecule has 4 aliphatic rings. The molecule has 2 fully saturated rings. The third kappa shape index (κ3) is 1.29. The molecule has 0 radical (unpaired) electrons. The van der Waals surface area contributed by atoms with Crippen molar-refractivity contribution in [2.24, 2.45) is 0 Å². The number of hydrogen-bond donors (Lipinski definition) is 1. The van der Waals surface area contributed by atoms with Gasteiger partial charge in [-0.2, -0.15) is 0 Å². The van der Waals surface area contributed by atoms with Crippen molar-refractivity contribution in [2.45, 2.75) is 49.8 Å². The fourth-order valence-electron chi connectivity index (χ4n) is 4.92. The normalized spacial score (nSPS) is 40.4. The lowest BCUT2D eigenvalue weighted by molar-refractivity contribution is 0.0384. The van der Waals surface area contributed by atoms with Crippen LogP contribution >= 0.6 is 0 Å². The van der Waals surface area contributed by atoms with E-state index in [4.69, 9.17) is 9.47 Å². The highest BCUT2D eigenvalue weighted by Gasteiger charge is 2.54. The Balaban J connectivity index is 1.68. The Morgan fingerprint density at radius 3 is 2.95 bits per heavy atom. The van der Waals surface area contributed by atoms with E-state index in [1.54, 1.807) is 0 Å². The molecule has 1 saturated heterocycles.